The first-order chi connectivity index (χ1) is 21.8. The molecule has 47 heavy (non-hydrogen) atoms. The summed E-state index contributed by atoms with van der Waals surface area (Å²) in [6, 6.07) is 22.3. The van der Waals surface area contributed by atoms with E-state index in [-0.39, 0.29) is 47.9 Å². The van der Waals surface area contributed by atoms with Crippen LogP contribution in [0.4, 0.5) is 0 Å². The van der Waals surface area contributed by atoms with Crippen molar-refractivity contribution >= 4 is 27.7 Å². The molecule has 5 nitrogen and oxygen atoms in total. The second-order valence-electron chi connectivity index (χ2n) is 13.8. The number of hydrogen-bond acceptors (Lipinski definition) is 5. The molecule has 0 atom stereocenters. The average molecular weight is 810 g/mol. The second-order valence-corrected chi connectivity index (χ2v) is 13.8. The van der Waals surface area contributed by atoms with Crippen molar-refractivity contribution in [3.8, 4) is 22.4 Å². The molecule has 0 unspecified atom stereocenters. The van der Waals surface area contributed by atoms with E-state index in [1.54, 1.807) is 12.5 Å². The first kappa shape index (κ1) is 37.9. The number of ketones is 1. The monoisotopic (exact) mass is 810 g/mol. The number of furan rings is 1. The van der Waals surface area contributed by atoms with E-state index in [1.165, 1.54) is 17.0 Å². The number of hydrogen-bond donors (Lipinski definition) is 1. The Kier molecular flexibility index (Phi) is 12.5. The number of fused-ring (bicyclic) bond motifs is 2. The van der Waals surface area contributed by atoms with Gasteiger partial charge in [0.2, 0.25) is 5.71 Å². The summed E-state index contributed by atoms with van der Waals surface area (Å²) in [4.78, 5) is 21.1. The van der Waals surface area contributed by atoms with Crippen LogP contribution < -0.4 is 0 Å². The van der Waals surface area contributed by atoms with Crippen LogP contribution in [0.1, 0.15) is 93.6 Å². The van der Waals surface area contributed by atoms with Gasteiger partial charge in [0.1, 0.15) is 12.0 Å². The summed E-state index contributed by atoms with van der Waals surface area (Å²) in [6.07, 6.45) is 10.1. The molecule has 0 bridgehead atoms. The molecule has 5 aromatic rings. The fourth-order valence-electron chi connectivity index (χ4n) is 5.51. The van der Waals surface area contributed by atoms with Crippen LogP contribution in [-0.4, -0.2) is 20.9 Å². The molecular weight excluding hydrogens is 761 g/mol. The van der Waals surface area contributed by atoms with E-state index < -0.39 is 0 Å². The number of nitrogens with zero attached hydrogens (tertiary/aromatic N) is 2. The summed E-state index contributed by atoms with van der Waals surface area (Å²) in [5, 5.41) is 13.5. The summed E-state index contributed by atoms with van der Waals surface area (Å²) in [5.41, 5.74) is 5.34. The number of rotatable bonds is 9. The molecule has 0 saturated carbocycles. The van der Waals surface area contributed by atoms with Gasteiger partial charge in [-0.3, -0.25) is 9.78 Å². The molecule has 251 valence electrons. The molecule has 1 N–H and O–H groups in total. The van der Waals surface area contributed by atoms with E-state index in [2.05, 4.69) is 73.2 Å². The van der Waals surface area contributed by atoms with E-state index in [9.17, 15) is 9.90 Å². The molecule has 3 aromatic heterocycles. The van der Waals surface area contributed by atoms with Crippen LogP contribution in [0, 0.1) is 16.9 Å². The van der Waals surface area contributed by atoms with E-state index in [1.807, 2.05) is 65.9 Å². The standard InChI is InChI=1S/C26H21N2O.C15H28O2.Ir/c1-26(2,3)23-14-19(13-17-7-4-5-8-20(17)23)24-15-18(10-12-27-24)22-16-29-25-21(22)9-6-11-28-25;1-7-14(5,8-2)12(16)11-13(17)15(6,9-3)10-4;/h4-12,14-16H,1-3H3;11,16H,7-10H2,1-6H3;/q-1;;/b;12-11-;. The zero-order chi connectivity index (χ0) is 33.7. The van der Waals surface area contributed by atoms with Crippen LogP contribution in [-0.2, 0) is 30.3 Å². The Morgan fingerprint density at radius 3 is 2.11 bits per heavy atom. The molecule has 5 rings (SSSR count). The van der Waals surface area contributed by atoms with Crippen molar-refractivity contribution in [2.75, 3.05) is 0 Å². The number of carbonyl (C=O) groups excluding carboxylic acids is 1. The Labute approximate surface area is 294 Å². The van der Waals surface area contributed by atoms with Crippen LogP contribution in [0.2, 0.25) is 0 Å². The summed E-state index contributed by atoms with van der Waals surface area (Å²) < 4.78 is 5.63. The molecule has 3 heterocycles. The Morgan fingerprint density at radius 2 is 1.47 bits per heavy atom. The summed E-state index contributed by atoms with van der Waals surface area (Å²) in [7, 11) is 0. The number of allylic oxidation sites excluding steroid dienone is 2. The Bertz CT molecular complexity index is 1840. The number of carbonyl (C=O) groups is 1. The Morgan fingerprint density at radius 1 is 0.830 bits per heavy atom. The van der Waals surface area contributed by atoms with Crippen molar-refractivity contribution in [1.29, 1.82) is 0 Å². The minimum atomic E-state index is -0.337. The van der Waals surface area contributed by atoms with Crippen molar-refractivity contribution in [2.45, 2.75) is 93.4 Å². The number of benzene rings is 2. The van der Waals surface area contributed by atoms with Crippen LogP contribution in [0.25, 0.3) is 44.3 Å². The Hall–Kier alpha value is -3.60. The van der Waals surface area contributed by atoms with Gasteiger partial charge in [0, 0.05) is 66.0 Å². The maximum atomic E-state index is 12.2. The maximum Gasteiger partial charge on any atom is 0.226 e. The van der Waals surface area contributed by atoms with E-state index in [0.29, 0.717) is 5.71 Å². The van der Waals surface area contributed by atoms with Gasteiger partial charge in [-0.15, -0.1) is 29.1 Å². The van der Waals surface area contributed by atoms with Crippen LogP contribution in [0.15, 0.2) is 89.5 Å². The third kappa shape index (κ3) is 8.28. The predicted molar refractivity (Wildman–Crippen MR) is 191 cm³/mol. The normalized spacial score (nSPS) is 12.4. The van der Waals surface area contributed by atoms with Gasteiger partial charge in [-0.1, -0.05) is 97.5 Å². The minimum Gasteiger partial charge on any atom is -0.512 e. The number of aliphatic hydroxyl groups excluding tert-OH is 1. The van der Waals surface area contributed by atoms with Crippen LogP contribution in [0.3, 0.4) is 0 Å². The zero-order valence-corrected chi connectivity index (χ0v) is 31.7. The van der Waals surface area contributed by atoms with Gasteiger partial charge in [-0.05, 0) is 54.9 Å². The van der Waals surface area contributed by atoms with E-state index >= 15 is 0 Å². The topological polar surface area (TPSA) is 76.2 Å². The smallest absolute Gasteiger partial charge is 0.226 e. The SMILES string of the molecule is CC(C)(C)c1cc(-c2cc(-c3coc4ncccc34)ccn2)[c-]c2ccccc12.CCC(C)(CC)C(=O)/C=C(\O)C(C)(CC)CC.[Ir]. The predicted octanol–water partition coefficient (Wildman–Crippen LogP) is 11.5. The van der Waals surface area contributed by atoms with Crippen molar-refractivity contribution < 1.29 is 34.4 Å². The van der Waals surface area contributed by atoms with Gasteiger partial charge in [-0.2, -0.15) is 0 Å². The van der Waals surface area contributed by atoms with Crippen LogP contribution >= 0.6 is 0 Å². The molecule has 6 heteroatoms. The largest absolute Gasteiger partial charge is 0.512 e. The zero-order valence-electron chi connectivity index (χ0n) is 29.3. The first-order valence-corrected chi connectivity index (χ1v) is 16.5. The van der Waals surface area contributed by atoms with Gasteiger partial charge in [0.15, 0.2) is 5.78 Å². The van der Waals surface area contributed by atoms with Gasteiger partial charge in [0.25, 0.3) is 0 Å². The third-order valence-corrected chi connectivity index (χ3v) is 9.88. The quantitative estimate of drug-likeness (QED) is 0.0912. The van der Waals surface area contributed by atoms with E-state index in [0.717, 1.165) is 58.8 Å². The molecule has 0 fully saturated rings. The van der Waals surface area contributed by atoms with Crippen molar-refractivity contribution in [2.24, 2.45) is 10.8 Å². The molecule has 0 aliphatic rings. The molecular formula is C41H49IrN2O3-. The van der Waals surface area contributed by atoms with Gasteiger partial charge >= 0.3 is 0 Å². The maximum absolute atomic E-state index is 12.2. The summed E-state index contributed by atoms with van der Waals surface area (Å²) >= 11 is 0. The van der Waals surface area contributed by atoms with Gasteiger partial charge in [-0.25, -0.2) is 4.98 Å². The summed E-state index contributed by atoms with van der Waals surface area (Å²) in [6.45, 7) is 18.8. The molecule has 0 amide bonds. The average Bonchev–Trinajstić information content (AvgIpc) is 3.51. The molecule has 0 aliphatic heterocycles. The number of pyridine rings is 2. The van der Waals surface area contributed by atoms with Crippen LogP contribution in [0.5, 0.6) is 0 Å². The van der Waals surface area contributed by atoms with E-state index in [4.69, 9.17) is 4.42 Å². The van der Waals surface area contributed by atoms with Gasteiger partial charge < -0.3 is 9.52 Å². The number of aromatic nitrogens is 2. The molecule has 0 spiro atoms. The summed E-state index contributed by atoms with van der Waals surface area (Å²) in [5.74, 6) is 0.286. The molecule has 1 radical (unpaired) electrons. The first-order valence-electron chi connectivity index (χ1n) is 16.5. The van der Waals surface area contributed by atoms with Crippen molar-refractivity contribution in [1.82, 2.24) is 9.97 Å². The Balaban J connectivity index is 0.000000290. The molecule has 0 aliphatic carbocycles. The fourth-order valence-corrected chi connectivity index (χ4v) is 5.51. The number of aliphatic hydroxyl groups is 1. The van der Waals surface area contributed by atoms with Gasteiger partial charge in [0.05, 0.1) is 0 Å². The second kappa shape index (κ2) is 15.5. The third-order valence-electron chi connectivity index (χ3n) is 9.88. The molecule has 2 aromatic carbocycles. The van der Waals surface area contributed by atoms with Crippen molar-refractivity contribution in [3.63, 3.8) is 0 Å². The minimum absolute atomic E-state index is 0. The molecule has 0 saturated heterocycles. The van der Waals surface area contributed by atoms with Crippen molar-refractivity contribution in [3.05, 3.63) is 96.7 Å². The fraction of sp³-hybridized carbons (Fsp3) is 0.390.